The summed E-state index contributed by atoms with van der Waals surface area (Å²) in [5, 5.41) is 10.9. The van der Waals surface area contributed by atoms with Gasteiger partial charge in [-0.25, -0.2) is 9.97 Å². The number of rotatable bonds is 3. The van der Waals surface area contributed by atoms with Crippen LogP contribution in [0.25, 0.3) is 11.0 Å². The average molecular weight is 239 g/mol. The molecule has 2 N–H and O–H groups in total. The van der Waals surface area contributed by atoms with Gasteiger partial charge in [-0.15, -0.1) is 0 Å². The Labute approximate surface area is 104 Å². The number of anilines is 2. The van der Waals surface area contributed by atoms with Gasteiger partial charge in [-0.05, 0) is 24.1 Å². The highest BCUT2D eigenvalue weighted by Gasteiger charge is 2.05. The third-order valence-electron chi connectivity index (χ3n) is 2.87. The number of aromatic amines is 1. The first-order valence-electron chi connectivity index (χ1n) is 5.87. The van der Waals surface area contributed by atoms with E-state index in [1.807, 2.05) is 12.1 Å². The Morgan fingerprint density at radius 1 is 1.17 bits per heavy atom. The average Bonchev–Trinajstić information content (AvgIpc) is 2.89. The van der Waals surface area contributed by atoms with Crippen LogP contribution < -0.4 is 5.32 Å². The van der Waals surface area contributed by atoms with Crippen LogP contribution in [0.3, 0.4) is 0 Å². The van der Waals surface area contributed by atoms with Crippen molar-refractivity contribution in [3.63, 3.8) is 0 Å². The van der Waals surface area contributed by atoms with E-state index in [0.717, 1.165) is 29.0 Å². The summed E-state index contributed by atoms with van der Waals surface area (Å²) in [5.41, 5.74) is 3.06. The van der Waals surface area contributed by atoms with Gasteiger partial charge < -0.3 is 5.32 Å². The van der Waals surface area contributed by atoms with Gasteiger partial charge in [0.2, 0.25) is 0 Å². The molecule has 0 saturated carbocycles. The summed E-state index contributed by atoms with van der Waals surface area (Å²) in [5.74, 6) is 0.762. The molecule has 0 saturated heterocycles. The molecule has 5 nitrogen and oxygen atoms in total. The Hall–Kier alpha value is -2.43. The maximum absolute atomic E-state index is 4.23. The van der Waals surface area contributed by atoms with Crippen LogP contribution in [-0.2, 0) is 6.42 Å². The second kappa shape index (κ2) is 4.44. The lowest BCUT2D eigenvalue weighted by molar-refractivity contribution is 1.09. The Morgan fingerprint density at radius 3 is 2.78 bits per heavy atom. The van der Waals surface area contributed by atoms with E-state index in [9.17, 15) is 0 Å². The summed E-state index contributed by atoms with van der Waals surface area (Å²) in [4.78, 5) is 8.34. The number of hydrogen-bond acceptors (Lipinski definition) is 4. The predicted molar refractivity (Wildman–Crippen MR) is 70.8 cm³/mol. The molecule has 5 heteroatoms. The van der Waals surface area contributed by atoms with E-state index >= 15 is 0 Å². The number of benzene rings is 1. The molecular weight excluding hydrogens is 226 g/mol. The summed E-state index contributed by atoms with van der Waals surface area (Å²) >= 11 is 0. The molecule has 2 heterocycles. The quantitative estimate of drug-likeness (QED) is 0.737. The Balaban J connectivity index is 1.93. The third-order valence-corrected chi connectivity index (χ3v) is 2.87. The Morgan fingerprint density at radius 2 is 2.00 bits per heavy atom. The summed E-state index contributed by atoms with van der Waals surface area (Å²) in [6.45, 7) is 2.14. The smallest absolute Gasteiger partial charge is 0.160 e. The van der Waals surface area contributed by atoms with Crippen molar-refractivity contribution in [1.29, 1.82) is 0 Å². The molecular formula is C13H13N5. The number of aryl methyl sites for hydroxylation is 1. The van der Waals surface area contributed by atoms with Crippen molar-refractivity contribution in [2.24, 2.45) is 0 Å². The fourth-order valence-electron chi connectivity index (χ4n) is 1.83. The van der Waals surface area contributed by atoms with E-state index in [4.69, 9.17) is 0 Å². The van der Waals surface area contributed by atoms with Gasteiger partial charge in [-0.2, -0.15) is 5.10 Å². The lowest BCUT2D eigenvalue weighted by atomic mass is 10.1. The van der Waals surface area contributed by atoms with Crippen molar-refractivity contribution in [3.8, 4) is 0 Å². The van der Waals surface area contributed by atoms with Crippen LogP contribution in [-0.4, -0.2) is 20.2 Å². The molecule has 0 spiro atoms. The van der Waals surface area contributed by atoms with Crippen LogP contribution in [0.5, 0.6) is 0 Å². The first kappa shape index (κ1) is 10.7. The van der Waals surface area contributed by atoms with Crippen molar-refractivity contribution >= 4 is 22.5 Å². The van der Waals surface area contributed by atoms with Gasteiger partial charge in [0.15, 0.2) is 5.65 Å². The summed E-state index contributed by atoms with van der Waals surface area (Å²) in [6, 6.07) is 8.31. The summed E-state index contributed by atoms with van der Waals surface area (Å²) in [7, 11) is 0. The molecule has 18 heavy (non-hydrogen) atoms. The van der Waals surface area contributed by atoms with Crippen LogP contribution in [0.2, 0.25) is 0 Å². The van der Waals surface area contributed by atoms with Crippen molar-refractivity contribution in [2.75, 3.05) is 5.32 Å². The standard InChI is InChI=1S/C13H13N5/c1-2-9-3-5-10(6-4-9)17-12-11-7-16-18-13(11)15-8-14-12/h3-8H,2H2,1H3,(H2,14,15,16,17,18). The van der Waals surface area contributed by atoms with Crippen LogP contribution in [0.1, 0.15) is 12.5 Å². The third kappa shape index (κ3) is 1.90. The topological polar surface area (TPSA) is 66.5 Å². The maximum atomic E-state index is 4.23. The number of nitrogens with one attached hydrogen (secondary N) is 2. The molecule has 0 atom stereocenters. The zero-order valence-electron chi connectivity index (χ0n) is 10.0. The van der Waals surface area contributed by atoms with Gasteiger partial charge in [0.25, 0.3) is 0 Å². The molecule has 0 amide bonds. The number of nitrogens with zero attached hydrogens (tertiary/aromatic N) is 3. The van der Waals surface area contributed by atoms with Crippen molar-refractivity contribution in [1.82, 2.24) is 20.2 Å². The number of hydrogen-bond donors (Lipinski definition) is 2. The summed E-state index contributed by atoms with van der Waals surface area (Å²) in [6.07, 6.45) is 4.28. The van der Waals surface area contributed by atoms with E-state index in [1.54, 1.807) is 6.20 Å². The fraction of sp³-hybridized carbons (Fsp3) is 0.154. The maximum Gasteiger partial charge on any atom is 0.160 e. The number of fused-ring (bicyclic) bond motifs is 1. The van der Waals surface area contributed by atoms with Gasteiger partial charge in [0, 0.05) is 5.69 Å². The molecule has 1 aromatic carbocycles. The molecule has 0 aliphatic heterocycles. The van der Waals surface area contributed by atoms with Gasteiger partial charge in [-0.1, -0.05) is 19.1 Å². The van der Waals surface area contributed by atoms with Crippen molar-refractivity contribution in [2.45, 2.75) is 13.3 Å². The highest BCUT2D eigenvalue weighted by Crippen LogP contribution is 2.21. The Bertz CT molecular complexity index is 656. The monoisotopic (exact) mass is 239 g/mol. The molecule has 0 aliphatic carbocycles. The van der Waals surface area contributed by atoms with Crippen molar-refractivity contribution < 1.29 is 0 Å². The van der Waals surface area contributed by atoms with Crippen LogP contribution in [0.4, 0.5) is 11.5 Å². The van der Waals surface area contributed by atoms with Gasteiger partial charge in [-0.3, -0.25) is 5.10 Å². The normalized spacial score (nSPS) is 10.7. The van der Waals surface area contributed by atoms with Gasteiger partial charge in [0.05, 0.1) is 11.6 Å². The minimum absolute atomic E-state index is 0.734. The molecule has 0 radical (unpaired) electrons. The molecule has 0 fully saturated rings. The minimum atomic E-state index is 0.734. The molecule has 0 bridgehead atoms. The van der Waals surface area contributed by atoms with E-state index in [0.29, 0.717) is 0 Å². The van der Waals surface area contributed by atoms with E-state index in [2.05, 4.69) is 44.5 Å². The molecule has 0 aliphatic rings. The Kier molecular flexibility index (Phi) is 2.64. The molecule has 3 rings (SSSR count). The van der Waals surface area contributed by atoms with Gasteiger partial charge in [0.1, 0.15) is 12.1 Å². The zero-order valence-corrected chi connectivity index (χ0v) is 10.0. The summed E-state index contributed by atoms with van der Waals surface area (Å²) < 4.78 is 0. The van der Waals surface area contributed by atoms with Gasteiger partial charge >= 0.3 is 0 Å². The molecule has 0 unspecified atom stereocenters. The van der Waals surface area contributed by atoms with E-state index in [-0.39, 0.29) is 0 Å². The van der Waals surface area contributed by atoms with E-state index < -0.39 is 0 Å². The largest absolute Gasteiger partial charge is 0.340 e. The lowest BCUT2D eigenvalue weighted by Crippen LogP contribution is -1.95. The highest BCUT2D eigenvalue weighted by molar-refractivity contribution is 5.87. The van der Waals surface area contributed by atoms with Crippen LogP contribution in [0.15, 0.2) is 36.8 Å². The molecule has 90 valence electrons. The van der Waals surface area contributed by atoms with Crippen molar-refractivity contribution in [3.05, 3.63) is 42.4 Å². The first-order chi connectivity index (χ1) is 8.86. The second-order valence-electron chi connectivity index (χ2n) is 4.03. The molecule has 3 aromatic rings. The zero-order chi connectivity index (χ0) is 12.4. The number of H-pyrrole nitrogens is 1. The first-order valence-corrected chi connectivity index (χ1v) is 5.87. The molecule has 2 aromatic heterocycles. The highest BCUT2D eigenvalue weighted by atomic mass is 15.2. The fourth-order valence-corrected chi connectivity index (χ4v) is 1.83. The van der Waals surface area contributed by atoms with E-state index in [1.165, 1.54) is 11.9 Å². The minimum Gasteiger partial charge on any atom is -0.340 e. The van der Waals surface area contributed by atoms with Crippen LogP contribution in [0, 0.1) is 0 Å². The van der Waals surface area contributed by atoms with Crippen LogP contribution >= 0.6 is 0 Å². The second-order valence-corrected chi connectivity index (χ2v) is 4.03. The lowest BCUT2D eigenvalue weighted by Gasteiger charge is -2.06. The SMILES string of the molecule is CCc1ccc(Nc2ncnc3[nH]ncc23)cc1. The predicted octanol–water partition coefficient (Wildman–Crippen LogP) is 2.66. The number of aromatic nitrogens is 4.